The molecule has 1 aromatic rings. The molecule has 2 fully saturated rings. The van der Waals surface area contributed by atoms with Crippen molar-refractivity contribution in [3.05, 3.63) is 28.8 Å². The van der Waals surface area contributed by atoms with Gasteiger partial charge in [0, 0.05) is 24.7 Å². The minimum atomic E-state index is -0.147. The number of hydrogen-bond acceptors (Lipinski definition) is 3. The van der Waals surface area contributed by atoms with Crippen LogP contribution in [-0.2, 0) is 4.79 Å². The molecule has 2 N–H and O–H groups in total. The molecule has 0 aromatic heterocycles. The van der Waals surface area contributed by atoms with Crippen LogP contribution in [0.1, 0.15) is 36.0 Å². The third-order valence-electron chi connectivity index (χ3n) is 4.20. The molecule has 1 aromatic carbocycles. The number of phenolic OH excluding ortho intramolecular Hbond substituents is 1. The average molecular weight is 323 g/mol. The minimum absolute atomic E-state index is 0.0430. The summed E-state index contributed by atoms with van der Waals surface area (Å²) in [6.07, 6.45) is 3.76. The molecule has 2 amide bonds. The molecule has 6 heteroatoms. The maximum absolute atomic E-state index is 12.5. The van der Waals surface area contributed by atoms with Gasteiger partial charge in [-0.3, -0.25) is 9.59 Å². The van der Waals surface area contributed by atoms with Crippen LogP contribution in [0.4, 0.5) is 0 Å². The van der Waals surface area contributed by atoms with Crippen molar-refractivity contribution >= 4 is 23.4 Å². The Morgan fingerprint density at radius 1 is 1.27 bits per heavy atom. The predicted molar refractivity (Wildman–Crippen MR) is 82.9 cm³/mol. The molecule has 1 saturated heterocycles. The van der Waals surface area contributed by atoms with Gasteiger partial charge in [-0.1, -0.05) is 11.6 Å². The van der Waals surface area contributed by atoms with Crippen molar-refractivity contribution in [1.82, 2.24) is 10.2 Å². The molecular formula is C16H19ClN2O3. The predicted octanol–water partition coefficient (Wildman–Crippen LogP) is 2.18. The van der Waals surface area contributed by atoms with Crippen LogP contribution in [0.2, 0.25) is 5.02 Å². The lowest BCUT2D eigenvalue weighted by atomic mass is 9.96. The van der Waals surface area contributed by atoms with Crippen LogP contribution < -0.4 is 5.32 Å². The van der Waals surface area contributed by atoms with Gasteiger partial charge in [-0.15, -0.1) is 0 Å². The summed E-state index contributed by atoms with van der Waals surface area (Å²) >= 11 is 5.86. The quantitative estimate of drug-likeness (QED) is 0.896. The molecule has 1 aliphatic carbocycles. The first-order valence-corrected chi connectivity index (χ1v) is 8.00. The van der Waals surface area contributed by atoms with Crippen molar-refractivity contribution in [3.63, 3.8) is 0 Å². The van der Waals surface area contributed by atoms with E-state index in [1.165, 1.54) is 12.1 Å². The summed E-state index contributed by atoms with van der Waals surface area (Å²) in [6.45, 7) is 1.08. The zero-order valence-electron chi connectivity index (χ0n) is 12.2. The van der Waals surface area contributed by atoms with E-state index in [2.05, 4.69) is 5.32 Å². The van der Waals surface area contributed by atoms with Gasteiger partial charge in [-0.25, -0.2) is 0 Å². The first kappa shape index (κ1) is 15.2. The molecule has 0 unspecified atom stereocenters. The maximum Gasteiger partial charge on any atom is 0.253 e. The standard InChI is InChI=1S/C16H19ClN2O3/c17-13-8-10(3-6-14(13)20)16(22)19-7-1-2-11(9-19)15(21)18-12-4-5-12/h3,6,8,11-12,20H,1-2,4-5,7,9H2,(H,18,21)/t11-/m0/s1. The van der Waals surface area contributed by atoms with Crippen LogP contribution in [0.15, 0.2) is 18.2 Å². The Bertz CT molecular complexity index is 601. The number of benzene rings is 1. The monoisotopic (exact) mass is 322 g/mol. The van der Waals surface area contributed by atoms with Crippen molar-refractivity contribution in [2.24, 2.45) is 5.92 Å². The number of hydrogen-bond donors (Lipinski definition) is 2. The van der Waals surface area contributed by atoms with Crippen molar-refractivity contribution < 1.29 is 14.7 Å². The molecule has 1 saturated carbocycles. The fourth-order valence-electron chi connectivity index (χ4n) is 2.74. The van der Waals surface area contributed by atoms with Gasteiger partial charge in [0.05, 0.1) is 10.9 Å². The van der Waals surface area contributed by atoms with Crippen LogP contribution in [0.25, 0.3) is 0 Å². The summed E-state index contributed by atoms with van der Waals surface area (Å²) in [6, 6.07) is 4.77. The van der Waals surface area contributed by atoms with Gasteiger partial charge in [0.25, 0.3) is 5.91 Å². The largest absolute Gasteiger partial charge is 0.506 e. The van der Waals surface area contributed by atoms with Gasteiger partial charge < -0.3 is 15.3 Å². The van der Waals surface area contributed by atoms with E-state index in [-0.39, 0.29) is 28.5 Å². The lowest BCUT2D eigenvalue weighted by Crippen LogP contribution is -2.45. The van der Waals surface area contributed by atoms with Gasteiger partial charge in [0.15, 0.2) is 0 Å². The van der Waals surface area contributed by atoms with Crippen LogP contribution in [0.3, 0.4) is 0 Å². The summed E-state index contributed by atoms with van der Waals surface area (Å²) in [5, 5.41) is 12.6. The lowest BCUT2D eigenvalue weighted by molar-refractivity contribution is -0.126. The van der Waals surface area contributed by atoms with Gasteiger partial charge >= 0.3 is 0 Å². The average Bonchev–Trinajstić information content (AvgIpc) is 3.33. The van der Waals surface area contributed by atoms with Gasteiger partial charge in [-0.2, -0.15) is 0 Å². The number of nitrogens with zero attached hydrogens (tertiary/aromatic N) is 1. The Labute approximate surface area is 134 Å². The molecule has 1 atom stereocenters. The highest BCUT2D eigenvalue weighted by molar-refractivity contribution is 6.32. The summed E-state index contributed by atoms with van der Waals surface area (Å²) < 4.78 is 0. The molecule has 1 aliphatic heterocycles. The van der Waals surface area contributed by atoms with Crippen molar-refractivity contribution in [2.75, 3.05) is 13.1 Å². The molecule has 0 bridgehead atoms. The molecule has 0 radical (unpaired) electrons. The normalized spacial score (nSPS) is 21.5. The van der Waals surface area contributed by atoms with Gasteiger partial charge in [0.1, 0.15) is 5.75 Å². The Morgan fingerprint density at radius 2 is 2.05 bits per heavy atom. The summed E-state index contributed by atoms with van der Waals surface area (Å²) in [4.78, 5) is 26.4. The van der Waals surface area contributed by atoms with E-state index in [1.807, 2.05) is 0 Å². The second-order valence-corrected chi connectivity index (χ2v) is 6.45. The van der Waals surface area contributed by atoms with E-state index in [1.54, 1.807) is 11.0 Å². The molecule has 3 rings (SSSR count). The van der Waals surface area contributed by atoms with E-state index in [0.717, 1.165) is 25.7 Å². The maximum atomic E-state index is 12.5. The van der Waals surface area contributed by atoms with E-state index in [0.29, 0.717) is 24.7 Å². The zero-order valence-corrected chi connectivity index (χ0v) is 13.0. The molecule has 5 nitrogen and oxygen atoms in total. The third-order valence-corrected chi connectivity index (χ3v) is 4.50. The van der Waals surface area contributed by atoms with Crippen molar-refractivity contribution in [3.8, 4) is 5.75 Å². The van der Waals surface area contributed by atoms with E-state index < -0.39 is 0 Å². The smallest absolute Gasteiger partial charge is 0.253 e. The van der Waals surface area contributed by atoms with Crippen LogP contribution in [-0.4, -0.2) is 41.0 Å². The van der Waals surface area contributed by atoms with E-state index >= 15 is 0 Å². The van der Waals surface area contributed by atoms with Crippen molar-refractivity contribution in [2.45, 2.75) is 31.7 Å². The fraction of sp³-hybridized carbons (Fsp3) is 0.500. The van der Waals surface area contributed by atoms with Crippen LogP contribution >= 0.6 is 11.6 Å². The number of rotatable bonds is 3. The highest BCUT2D eigenvalue weighted by Crippen LogP contribution is 2.26. The topological polar surface area (TPSA) is 69.6 Å². The number of piperidine rings is 1. The fourth-order valence-corrected chi connectivity index (χ4v) is 2.93. The minimum Gasteiger partial charge on any atom is -0.506 e. The highest BCUT2D eigenvalue weighted by Gasteiger charge is 2.32. The second kappa shape index (κ2) is 6.16. The Hall–Kier alpha value is -1.75. The number of carbonyl (C=O) groups excluding carboxylic acids is 2. The summed E-state index contributed by atoms with van der Waals surface area (Å²) in [7, 11) is 0. The van der Waals surface area contributed by atoms with Crippen molar-refractivity contribution in [1.29, 1.82) is 0 Å². The molecule has 118 valence electrons. The first-order chi connectivity index (χ1) is 10.5. The lowest BCUT2D eigenvalue weighted by Gasteiger charge is -2.32. The molecular weight excluding hydrogens is 304 g/mol. The van der Waals surface area contributed by atoms with Crippen LogP contribution in [0, 0.1) is 5.92 Å². The molecule has 22 heavy (non-hydrogen) atoms. The van der Waals surface area contributed by atoms with Gasteiger partial charge in [0.2, 0.25) is 5.91 Å². The SMILES string of the molecule is O=C(NC1CC1)[C@H]1CCCN(C(=O)c2ccc(O)c(Cl)c2)C1. The Morgan fingerprint density at radius 3 is 2.73 bits per heavy atom. The van der Waals surface area contributed by atoms with E-state index in [4.69, 9.17) is 11.6 Å². The highest BCUT2D eigenvalue weighted by atomic mass is 35.5. The zero-order chi connectivity index (χ0) is 15.7. The molecule has 2 aliphatic rings. The molecule has 0 spiro atoms. The number of likely N-dealkylation sites (tertiary alicyclic amines) is 1. The Kier molecular flexibility index (Phi) is 4.25. The number of nitrogens with one attached hydrogen (secondary N) is 1. The third kappa shape index (κ3) is 3.35. The first-order valence-electron chi connectivity index (χ1n) is 7.63. The summed E-state index contributed by atoms with van der Waals surface area (Å²) in [5.41, 5.74) is 0.436. The second-order valence-electron chi connectivity index (χ2n) is 6.04. The number of amides is 2. The number of halogens is 1. The number of phenols is 1. The van der Waals surface area contributed by atoms with Crippen LogP contribution in [0.5, 0.6) is 5.75 Å². The number of carbonyl (C=O) groups is 2. The Balaban J connectivity index is 1.66. The van der Waals surface area contributed by atoms with E-state index in [9.17, 15) is 14.7 Å². The number of aromatic hydroxyl groups is 1. The van der Waals surface area contributed by atoms with Gasteiger partial charge in [-0.05, 0) is 43.9 Å². The molecule has 1 heterocycles. The summed E-state index contributed by atoms with van der Waals surface area (Å²) in [5.74, 6) is -0.265.